The number of nitrogens with zero attached hydrogens (tertiary/aromatic N) is 2. The van der Waals surface area contributed by atoms with Crippen molar-refractivity contribution in [2.24, 2.45) is 0 Å². The van der Waals surface area contributed by atoms with Crippen LogP contribution in [-0.2, 0) is 4.74 Å². The van der Waals surface area contributed by atoms with Gasteiger partial charge in [0, 0.05) is 29.9 Å². The van der Waals surface area contributed by atoms with E-state index >= 15 is 0 Å². The lowest BCUT2D eigenvalue weighted by molar-refractivity contribution is 0.154. The summed E-state index contributed by atoms with van der Waals surface area (Å²) in [5, 5.41) is 8.94. The van der Waals surface area contributed by atoms with Crippen LogP contribution in [0.15, 0.2) is 22.7 Å². The predicted molar refractivity (Wildman–Crippen MR) is 73.2 cm³/mol. The monoisotopic (exact) mass is 296 g/mol. The summed E-state index contributed by atoms with van der Waals surface area (Å²) in [5.74, 6) is 0. The van der Waals surface area contributed by atoms with Gasteiger partial charge in [0.1, 0.15) is 0 Å². The van der Waals surface area contributed by atoms with E-state index in [1.54, 1.807) is 0 Å². The smallest absolute Gasteiger partial charge is 0.0992 e. The molecule has 0 bridgehead atoms. The van der Waals surface area contributed by atoms with E-state index in [1.165, 1.54) is 0 Å². The molecule has 0 fully saturated rings. The van der Waals surface area contributed by atoms with Crippen molar-refractivity contribution >= 4 is 21.6 Å². The highest BCUT2D eigenvalue weighted by molar-refractivity contribution is 9.10. The SMILES string of the molecule is CCOCCN(CC)c1cc(Br)cc(C#N)c1. The molecule has 3 nitrogen and oxygen atoms in total. The molecule has 1 rings (SSSR count). The van der Waals surface area contributed by atoms with Crippen molar-refractivity contribution in [1.29, 1.82) is 5.26 Å². The van der Waals surface area contributed by atoms with Gasteiger partial charge in [-0.25, -0.2) is 0 Å². The average Bonchev–Trinajstić information content (AvgIpc) is 2.34. The second-order valence-corrected chi connectivity index (χ2v) is 4.50. The Kier molecular flexibility index (Phi) is 6.03. The van der Waals surface area contributed by atoms with Crippen LogP contribution in [0.1, 0.15) is 19.4 Å². The van der Waals surface area contributed by atoms with Gasteiger partial charge < -0.3 is 9.64 Å². The summed E-state index contributed by atoms with van der Waals surface area (Å²) in [6, 6.07) is 7.91. The van der Waals surface area contributed by atoms with Crippen LogP contribution < -0.4 is 4.90 Å². The standard InChI is InChI=1S/C13H17BrN2O/c1-3-16(5-6-17-4-2)13-8-11(10-15)7-12(14)9-13/h7-9H,3-6H2,1-2H3. The van der Waals surface area contributed by atoms with E-state index in [0.29, 0.717) is 12.2 Å². The Bertz CT molecular complexity index is 401. The Balaban J connectivity index is 2.80. The molecular weight excluding hydrogens is 280 g/mol. The van der Waals surface area contributed by atoms with Crippen LogP contribution in [0.5, 0.6) is 0 Å². The normalized spacial score (nSPS) is 10.0. The molecule has 0 aliphatic carbocycles. The van der Waals surface area contributed by atoms with Crippen molar-refractivity contribution in [3.8, 4) is 6.07 Å². The first kappa shape index (κ1) is 14.0. The molecule has 0 saturated heterocycles. The van der Waals surface area contributed by atoms with Crippen LogP contribution in [-0.4, -0.2) is 26.3 Å². The fraction of sp³-hybridized carbons (Fsp3) is 0.462. The van der Waals surface area contributed by atoms with Crippen molar-refractivity contribution in [1.82, 2.24) is 0 Å². The van der Waals surface area contributed by atoms with Gasteiger partial charge in [-0.05, 0) is 32.0 Å². The predicted octanol–water partition coefficient (Wildman–Crippen LogP) is 3.18. The molecule has 0 heterocycles. The van der Waals surface area contributed by atoms with Crippen LogP contribution in [0.3, 0.4) is 0 Å². The molecule has 1 aromatic carbocycles. The third kappa shape index (κ3) is 4.37. The average molecular weight is 297 g/mol. The number of ether oxygens (including phenoxy) is 1. The lowest BCUT2D eigenvalue weighted by Crippen LogP contribution is -2.27. The Morgan fingerprint density at radius 1 is 1.35 bits per heavy atom. The van der Waals surface area contributed by atoms with Crippen LogP contribution in [0.4, 0.5) is 5.69 Å². The minimum Gasteiger partial charge on any atom is -0.380 e. The molecular formula is C13H17BrN2O. The van der Waals surface area contributed by atoms with Crippen molar-refractivity contribution in [3.63, 3.8) is 0 Å². The van der Waals surface area contributed by atoms with E-state index in [1.807, 2.05) is 25.1 Å². The maximum atomic E-state index is 8.94. The van der Waals surface area contributed by atoms with Gasteiger partial charge in [0.05, 0.1) is 18.2 Å². The number of anilines is 1. The molecule has 1 aromatic rings. The second-order valence-electron chi connectivity index (χ2n) is 3.59. The first-order valence-electron chi connectivity index (χ1n) is 5.74. The molecule has 17 heavy (non-hydrogen) atoms. The van der Waals surface area contributed by atoms with Gasteiger partial charge in [0.25, 0.3) is 0 Å². The van der Waals surface area contributed by atoms with Gasteiger partial charge in [-0.2, -0.15) is 5.26 Å². The number of nitriles is 1. The van der Waals surface area contributed by atoms with Gasteiger partial charge in [-0.1, -0.05) is 15.9 Å². The molecule has 0 N–H and O–H groups in total. The minimum absolute atomic E-state index is 0.671. The van der Waals surface area contributed by atoms with Gasteiger partial charge in [0.15, 0.2) is 0 Å². The fourth-order valence-electron chi connectivity index (χ4n) is 1.61. The largest absolute Gasteiger partial charge is 0.380 e. The highest BCUT2D eigenvalue weighted by atomic mass is 79.9. The zero-order valence-electron chi connectivity index (χ0n) is 10.2. The van der Waals surface area contributed by atoms with E-state index < -0.39 is 0 Å². The lowest BCUT2D eigenvalue weighted by Gasteiger charge is -2.23. The Hall–Kier alpha value is -1.05. The number of benzene rings is 1. The van der Waals surface area contributed by atoms with E-state index in [4.69, 9.17) is 10.00 Å². The summed E-state index contributed by atoms with van der Waals surface area (Å²) in [6.45, 7) is 7.26. The molecule has 92 valence electrons. The Morgan fingerprint density at radius 2 is 2.12 bits per heavy atom. The highest BCUT2D eigenvalue weighted by Crippen LogP contribution is 2.22. The third-order valence-electron chi connectivity index (χ3n) is 2.47. The molecule has 0 radical (unpaired) electrons. The van der Waals surface area contributed by atoms with Crippen molar-refractivity contribution in [2.75, 3.05) is 31.2 Å². The zero-order valence-corrected chi connectivity index (χ0v) is 11.8. The summed E-state index contributed by atoms with van der Waals surface area (Å²) in [4.78, 5) is 2.20. The molecule has 4 heteroatoms. The maximum absolute atomic E-state index is 8.94. The van der Waals surface area contributed by atoms with E-state index in [9.17, 15) is 0 Å². The van der Waals surface area contributed by atoms with Crippen molar-refractivity contribution < 1.29 is 4.74 Å². The van der Waals surface area contributed by atoms with Crippen LogP contribution in [0.25, 0.3) is 0 Å². The number of likely N-dealkylation sites (N-methyl/N-ethyl adjacent to an activating group) is 1. The quantitative estimate of drug-likeness (QED) is 0.757. The van der Waals surface area contributed by atoms with E-state index in [2.05, 4.69) is 33.8 Å². The summed E-state index contributed by atoms with van der Waals surface area (Å²) in [6.07, 6.45) is 0. The third-order valence-corrected chi connectivity index (χ3v) is 2.93. The first-order chi connectivity index (χ1) is 8.21. The second kappa shape index (κ2) is 7.31. The summed E-state index contributed by atoms with van der Waals surface area (Å²) in [7, 11) is 0. The van der Waals surface area contributed by atoms with Crippen molar-refractivity contribution in [3.05, 3.63) is 28.2 Å². The summed E-state index contributed by atoms with van der Waals surface area (Å²) < 4.78 is 6.29. The maximum Gasteiger partial charge on any atom is 0.0992 e. The Morgan fingerprint density at radius 3 is 2.71 bits per heavy atom. The molecule has 0 saturated carbocycles. The topological polar surface area (TPSA) is 36.3 Å². The molecule has 0 unspecified atom stereocenters. The van der Waals surface area contributed by atoms with E-state index in [0.717, 1.165) is 29.9 Å². The number of halogens is 1. The first-order valence-corrected chi connectivity index (χ1v) is 6.54. The van der Waals surface area contributed by atoms with Gasteiger partial charge in [0.2, 0.25) is 0 Å². The van der Waals surface area contributed by atoms with Gasteiger partial charge in [-0.3, -0.25) is 0 Å². The fourth-order valence-corrected chi connectivity index (χ4v) is 2.09. The number of rotatable bonds is 6. The summed E-state index contributed by atoms with van der Waals surface area (Å²) in [5.41, 5.74) is 1.72. The number of hydrogen-bond donors (Lipinski definition) is 0. The van der Waals surface area contributed by atoms with Gasteiger partial charge in [-0.15, -0.1) is 0 Å². The molecule has 0 aliphatic heterocycles. The molecule has 0 aliphatic rings. The van der Waals surface area contributed by atoms with Crippen molar-refractivity contribution in [2.45, 2.75) is 13.8 Å². The van der Waals surface area contributed by atoms with Crippen LogP contribution in [0.2, 0.25) is 0 Å². The number of hydrogen-bond acceptors (Lipinski definition) is 3. The van der Waals surface area contributed by atoms with Gasteiger partial charge >= 0.3 is 0 Å². The molecule has 0 spiro atoms. The highest BCUT2D eigenvalue weighted by Gasteiger charge is 2.06. The molecule has 0 amide bonds. The Labute approximate surface area is 111 Å². The zero-order chi connectivity index (χ0) is 12.7. The van der Waals surface area contributed by atoms with Crippen LogP contribution in [0, 0.1) is 11.3 Å². The lowest BCUT2D eigenvalue weighted by atomic mass is 10.2. The van der Waals surface area contributed by atoms with E-state index in [-0.39, 0.29) is 0 Å². The molecule has 0 aromatic heterocycles. The minimum atomic E-state index is 0.671. The van der Waals surface area contributed by atoms with Crippen LogP contribution >= 0.6 is 15.9 Å². The summed E-state index contributed by atoms with van der Waals surface area (Å²) >= 11 is 3.42. The molecule has 0 atom stereocenters.